The fraction of sp³-hybridized carbons (Fsp3) is 0.300. The van der Waals surface area contributed by atoms with Crippen LogP contribution < -0.4 is 11.1 Å². The van der Waals surface area contributed by atoms with Crippen LogP contribution in [0.3, 0.4) is 0 Å². The highest BCUT2D eigenvalue weighted by molar-refractivity contribution is 5.91. The monoisotopic (exact) mass is 232 g/mol. The fourth-order valence-corrected chi connectivity index (χ4v) is 1.18. The zero-order valence-electron chi connectivity index (χ0n) is 8.34. The van der Waals surface area contributed by atoms with Gasteiger partial charge in [-0.05, 0) is 12.1 Å². The Balaban J connectivity index is 2.92. The molecule has 0 spiro atoms. The van der Waals surface area contributed by atoms with Crippen molar-refractivity contribution in [1.29, 1.82) is 0 Å². The van der Waals surface area contributed by atoms with Crippen LogP contribution >= 0.6 is 0 Å². The highest BCUT2D eigenvalue weighted by Crippen LogP contribution is 2.34. The van der Waals surface area contributed by atoms with Crippen molar-refractivity contribution in [3.63, 3.8) is 0 Å². The molecule has 0 bridgehead atoms. The van der Waals surface area contributed by atoms with Crippen molar-refractivity contribution in [2.45, 2.75) is 12.6 Å². The number of amides is 1. The Bertz CT molecular complexity index is 377. The Morgan fingerprint density at radius 1 is 1.31 bits per heavy atom. The zero-order chi connectivity index (χ0) is 12.2. The van der Waals surface area contributed by atoms with Gasteiger partial charge in [-0.25, -0.2) is 0 Å². The molecule has 1 rings (SSSR count). The first-order valence-corrected chi connectivity index (χ1v) is 4.61. The van der Waals surface area contributed by atoms with Crippen LogP contribution in [0.25, 0.3) is 0 Å². The molecule has 6 heteroatoms. The van der Waals surface area contributed by atoms with Crippen LogP contribution in [-0.2, 0) is 11.0 Å². The highest BCUT2D eigenvalue weighted by atomic mass is 19.4. The van der Waals surface area contributed by atoms with E-state index in [0.717, 1.165) is 6.07 Å². The van der Waals surface area contributed by atoms with E-state index in [2.05, 4.69) is 5.32 Å². The Morgan fingerprint density at radius 3 is 2.50 bits per heavy atom. The number of para-hydroxylation sites is 1. The highest BCUT2D eigenvalue weighted by Gasteiger charge is 2.33. The molecular weight excluding hydrogens is 221 g/mol. The van der Waals surface area contributed by atoms with Gasteiger partial charge in [0.05, 0.1) is 11.3 Å². The number of hydrogen-bond donors (Lipinski definition) is 2. The number of anilines is 1. The number of halogens is 3. The lowest BCUT2D eigenvalue weighted by Crippen LogP contribution is -2.19. The smallest absolute Gasteiger partial charge is 0.330 e. The van der Waals surface area contributed by atoms with Crippen LogP contribution in [0.15, 0.2) is 24.3 Å². The molecule has 0 unspecified atom stereocenters. The molecule has 0 aromatic heterocycles. The summed E-state index contributed by atoms with van der Waals surface area (Å²) in [5.74, 6) is -0.529. The van der Waals surface area contributed by atoms with Crippen molar-refractivity contribution < 1.29 is 18.0 Å². The largest absolute Gasteiger partial charge is 0.418 e. The Morgan fingerprint density at radius 2 is 1.94 bits per heavy atom. The third-order valence-corrected chi connectivity index (χ3v) is 1.88. The number of hydrogen-bond acceptors (Lipinski definition) is 2. The molecular formula is C10H11F3N2O. The van der Waals surface area contributed by atoms with Gasteiger partial charge in [0.15, 0.2) is 0 Å². The first-order valence-electron chi connectivity index (χ1n) is 4.61. The van der Waals surface area contributed by atoms with Gasteiger partial charge < -0.3 is 11.1 Å². The van der Waals surface area contributed by atoms with Gasteiger partial charge in [-0.3, -0.25) is 4.79 Å². The predicted octanol–water partition coefficient (Wildman–Crippen LogP) is 1.99. The standard InChI is InChI=1S/C10H11F3N2O/c11-10(12,13)7-3-1-2-4-8(7)15-9(16)5-6-14/h1-4H,5-6,14H2,(H,15,16). The van der Waals surface area contributed by atoms with Gasteiger partial charge in [0.2, 0.25) is 5.91 Å². The van der Waals surface area contributed by atoms with Crippen LogP contribution in [0.2, 0.25) is 0 Å². The van der Waals surface area contributed by atoms with E-state index in [1.165, 1.54) is 18.2 Å². The Kier molecular flexibility index (Phi) is 3.89. The molecule has 0 saturated carbocycles. The molecule has 0 aliphatic carbocycles. The molecule has 0 heterocycles. The SMILES string of the molecule is NCCC(=O)Nc1ccccc1C(F)(F)F. The summed E-state index contributed by atoms with van der Waals surface area (Å²) >= 11 is 0. The minimum Gasteiger partial charge on any atom is -0.330 e. The molecule has 3 nitrogen and oxygen atoms in total. The van der Waals surface area contributed by atoms with E-state index in [4.69, 9.17) is 5.73 Å². The maximum absolute atomic E-state index is 12.5. The quantitative estimate of drug-likeness (QED) is 0.837. The molecule has 88 valence electrons. The van der Waals surface area contributed by atoms with Crippen LogP contribution in [0.1, 0.15) is 12.0 Å². The molecule has 0 radical (unpaired) electrons. The number of carbonyl (C=O) groups excluding carboxylic acids is 1. The maximum atomic E-state index is 12.5. The Labute approximate surface area is 90.4 Å². The summed E-state index contributed by atoms with van der Waals surface area (Å²) in [6.07, 6.45) is -4.49. The van der Waals surface area contributed by atoms with E-state index in [-0.39, 0.29) is 18.7 Å². The normalized spacial score (nSPS) is 11.2. The van der Waals surface area contributed by atoms with Gasteiger partial charge in [-0.2, -0.15) is 13.2 Å². The third-order valence-electron chi connectivity index (χ3n) is 1.88. The Hall–Kier alpha value is -1.56. The second-order valence-electron chi connectivity index (χ2n) is 3.13. The van der Waals surface area contributed by atoms with E-state index < -0.39 is 17.6 Å². The third kappa shape index (κ3) is 3.23. The summed E-state index contributed by atoms with van der Waals surface area (Å²) in [5, 5.41) is 2.18. The number of benzene rings is 1. The van der Waals surface area contributed by atoms with E-state index in [1.807, 2.05) is 0 Å². The summed E-state index contributed by atoms with van der Waals surface area (Å²) in [6, 6.07) is 4.81. The van der Waals surface area contributed by atoms with E-state index in [9.17, 15) is 18.0 Å². The van der Waals surface area contributed by atoms with Gasteiger partial charge in [-0.1, -0.05) is 12.1 Å². The minimum absolute atomic E-state index is 0.00775. The minimum atomic E-state index is -4.48. The summed E-state index contributed by atoms with van der Waals surface area (Å²) in [7, 11) is 0. The number of alkyl halides is 3. The summed E-state index contributed by atoms with van der Waals surface area (Å²) < 4.78 is 37.5. The van der Waals surface area contributed by atoms with Gasteiger partial charge in [0.25, 0.3) is 0 Å². The van der Waals surface area contributed by atoms with Crippen molar-refractivity contribution in [2.24, 2.45) is 5.73 Å². The predicted molar refractivity (Wildman–Crippen MR) is 53.7 cm³/mol. The second kappa shape index (κ2) is 4.98. The van der Waals surface area contributed by atoms with Gasteiger partial charge in [-0.15, -0.1) is 0 Å². The molecule has 3 N–H and O–H groups in total. The van der Waals surface area contributed by atoms with Crippen molar-refractivity contribution in [2.75, 3.05) is 11.9 Å². The lowest BCUT2D eigenvalue weighted by molar-refractivity contribution is -0.137. The first kappa shape index (κ1) is 12.5. The van der Waals surface area contributed by atoms with Gasteiger partial charge in [0.1, 0.15) is 0 Å². The molecule has 0 aliphatic rings. The summed E-state index contributed by atoms with van der Waals surface area (Å²) in [4.78, 5) is 11.1. The molecule has 1 aromatic rings. The molecule has 0 atom stereocenters. The van der Waals surface area contributed by atoms with Crippen LogP contribution in [0.4, 0.5) is 18.9 Å². The van der Waals surface area contributed by atoms with Gasteiger partial charge >= 0.3 is 6.18 Å². The lowest BCUT2D eigenvalue weighted by atomic mass is 10.1. The summed E-state index contributed by atoms with van der Waals surface area (Å²) in [6.45, 7) is 0.0972. The van der Waals surface area contributed by atoms with E-state index in [0.29, 0.717) is 0 Å². The fourth-order valence-electron chi connectivity index (χ4n) is 1.18. The number of carbonyl (C=O) groups is 1. The molecule has 1 aromatic carbocycles. The van der Waals surface area contributed by atoms with Gasteiger partial charge in [0, 0.05) is 13.0 Å². The number of nitrogens with two attached hydrogens (primary N) is 1. The van der Waals surface area contributed by atoms with Crippen LogP contribution in [0.5, 0.6) is 0 Å². The number of nitrogens with one attached hydrogen (secondary N) is 1. The average molecular weight is 232 g/mol. The van der Waals surface area contributed by atoms with Crippen molar-refractivity contribution in [3.05, 3.63) is 29.8 Å². The van der Waals surface area contributed by atoms with E-state index >= 15 is 0 Å². The average Bonchev–Trinajstić information content (AvgIpc) is 2.17. The van der Waals surface area contributed by atoms with Crippen LogP contribution in [-0.4, -0.2) is 12.5 Å². The number of rotatable bonds is 3. The topological polar surface area (TPSA) is 55.1 Å². The van der Waals surface area contributed by atoms with Crippen LogP contribution in [0, 0.1) is 0 Å². The zero-order valence-corrected chi connectivity index (χ0v) is 8.34. The maximum Gasteiger partial charge on any atom is 0.418 e. The van der Waals surface area contributed by atoms with Crippen molar-refractivity contribution >= 4 is 11.6 Å². The summed E-state index contributed by atoms with van der Waals surface area (Å²) in [5.41, 5.74) is 4.02. The molecule has 0 fully saturated rings. The molecule has 16 heavy (non-hydrogen) atoms. The van der Waals surface area contributed by atoms with E-state index in [1.54, 1.807) is 0 Å². The lowest BCUT2D eigenvalue weighted by Gasteiger charge is -2.13. The first-order chi connectivity index (χ1) is 7.45. The molecule has 0 saturated heterocycles. The molecule has 1 amide bonds. The van der Waals surface area contributed by atoms with Crippen molar-refractivity contribution in [1.82, 2.24) is 0 Å². The molecule has 0 aliphatic heterocycles. The van der Waals surface area contributed by atoms with Crippen molar-refractivity contribution in [3.8, 4) is 0 Å². The second-order valence-corrected chi connectivity index (χ2v) is 3.13.